The van der Waals surface area contributed by atoms with E-state index >= 15 is 0 Å². The maximum Gasteiger partial charge on any atom is 0.139 e. The molecule has 0 amide bonds. The number of pyridine rings is 1. The Bertz CT molecular complexity index is 470. The Kier molecular flexibility index (Phi) is 3.52. The topological polar surface area (TPSA) is 66.0 Å². The largest absolute Gasteiger partial charge is 0.384 e. The fourth-order valence-corrected chi connectivity index (χ4v) is 3.43. The lowest BCUT2D eigenvalue weighted by Gasteiger charge is -2.39. The van der Waals surface area contributed by atoms with Crippen molar-refractivity contribution < 1.29 is 0 Å². The summed E-state index contributed by atoms with van der Waals surface area (Å²) >= 11 is 1.98. The molecule has 0 bridgehead atoms. The molecular weight excluding hydrogens is 244 g/mol. The molecule has 5 heteroatoms. The van der Waals surface area contributed by atoms with Crippen LogP contribution in [0.2, 0.25) is 0 Å². The lowest BCUT2D eigenvalue weighted by molar-refractivity contribution is 0.641. The van der Waals surface area contributed by atoms with E-state index in [9.17, 15) is 0 Å². The summed E-state index contributed by atoms with van der Waals surface area (Å²) in [4.78, 5) is 6.70. The lowest BCUT2D eigenvalue weighted by Crippen LogP contribution is -2.44. The van der Waals surface area contributed by atoms with Gasteiger partial charge in [0.05, 0.1) is 5.56 Å². The minimum atomic E-state index is 0.103. The number of hydrogen-bond acceptors (Lipinski definition) is 4. The van der Waals surface area contributed by atoms with E-state index < -0.39 is 0 Å². The summed E-state index contributed by atoms with van der Waals surface area (Å²) in [5.41, 5.74) is 7.50. The first-order valence-electron chi connectivity index (χ1n) is 6.09. The number of aryl methyl sites for hydroxylation is 1. The van der Waals surface area contributed by atoms with Crippen molar-refractivity contribution in [3.05, 3.63) is 23.4 Å². The van der Waals surface area contributed by atoms with Gasteiger partial charge in [-0.15, -0.1) is 0 Å². The van der Waals surface area contributed by atoms with Crippen LogP contribution >= 0.6 is 11.8 Å². The molecule has 2 rings (SSSR count). The van der Waals surface area contributed by atoms with Crippen molar-refractivity contribution in [2.24, 2.45) is 5.73 Å². The van der Waals surface area contributed by atoms with Gasteiger partial charge in [-0.2, -0.15) is 11.8 Å². The first kappa shape index (κ1) is 13.2. The van der Waals surface area contributed by atoms with Crippen LogP contribution in [-0.4, -0.2) is 34.4 Å². The third-order valence-corrected chi connectivity index (χ3v) is 4.43. The van der Waals surface area contributed by atoms with Crippen LogP contribution < -0.4 is 10.6 Å². The highest BCUT2D eigenvalue weighted by atomic mass is 32.2. The van der Waals surface area contributed by atoms with Gasteiger partial charge in [0.15, 0.2) is 0 Å². The summed E-state index contributed by atoms with van der Waals surface area (Å²) in [7, 11) is 0. The summed E-state index contributed by atoms with van der Waals surface area (Å²) in [5.74, 6) is 2.04. The van der Waals surface area contributed by atoms with E-state index in [4.69, 9.17) is 11.1 Å². The Morgan fingerprint density at radius 1 is 1.56 bits per heavy atom. The molecule has 1 aromatic heterocycles. The number of amidine groups is 1. The Morgan fingerprint density at radius 3 is 2.89 bits per heavy atom. The van der Waals surface area contributed by atoms with Crippen molar-refractivity contribution in [2.75, 3.05) is 23.7 Å². The van der Waals surface area contributed by atoms with E-state index in [2.05, 4.69) is 23.7 Å². The van der Waals surface area contributed by atoms with Gasteiger partial charge in [-0.1, -0.05) is 0 Å². The molecule has 1 fully saturated rings. The molecule has 0 aromatic carbocycles. The predicted molar refractivity (Wildman–Crippen MR) is 78.7 cm³/mol. The summed E-state index contributed by atoms with van der Waals surface area (Å²) in [6.45, 7) is 8.37. The van der Waals surface area contributed by atoms with Crippen molar-refractivity contribution in [3.8, 4) is 0 Å². The van der Waals surface area contributed by atoms with Crippen LogP contribution in [0.4, 0.5) is 5.82 Å². The molecule has 98 valence electrons. The fraction of sp³-hybridized carbons (Fsp3) is 0.538. The van der Waals surface area contributed by atoms with Crippen LogP contribution in [0.25, 0.3) is 0 Å². The summed E-state index contributed by atoms with van der Waals surface area (Å²) in [5, 5.41) is 7.74. The molecule has 0 radical (unpaired) electrons. The zero-order chi connectivity index (χ0) is 13.3. The average molecular weight is 264 g/mol. The maximum atomic E-state index is 7.74. The molecule has 2 heterocycles. The number of nitrogens with two attached hydrogens (primary N) is 1. The fourth-order valence-electron chi connectivity index (χ4n) is 2.31. The van der Waals surface area contributed by atoms with E-state index in [0.717, 1.165) is 35.8 Å². The molecule has 1 aliphatic rings. The zero-order valence-corrected chi connectivity index (χ0v) is 12.0. The molecule has 0 saturated carbocycles. The normalized spacial score (nSPS) is 18.7. The highest BCUT2D eigenvalue weighted by molar-refractivity contribution is 8.00. The molecule has 4 nitrogen and oxygen atoms in total. The van der Waals surface area contributed by atoms with Gasteiger partial charge < -0.3 is 10.6 Å². The van der Waals surface area contributed by atoms with Gasteiger partial charge in [-0.3, -0.25) is 5.41 Å². The number of nitrogens with one attached hydrogen (secondary N) is 1. The van der Waals surface area contributed by atoms with E-state index in [0.29, 0.717) is 0 Å². The van der Waals surface area contributed by atoms with E-state index in [1.807, 2.05) is 24.8 Å². The van der Waals surface area contributed by atoms with Crippen LogP contribution in [0.5, 0.6) is 0 Å². The monoisotopic (exact) mass is 264 g/mol. The quantitative estimate of drug-likeness (QED) is 0.633. The molecule has 3 N–H and O–H groups in total. The Balaban J connectivity index is 2.39. The second-order valence-electron chi connectivity index (χ2n) is 5.27. The average Bonchev–Trinajstić information content (AvgIpc) is 2.26. The number of aromatic nitrogens is 1. The summed E-state index contributed by atoms with van der Waals surface area (Å²) in [6, 6.07) is 1.91. The van der Waals surface area contributed by atoms with Crippen LogP contribution in [0.1, 0.15) is 25.0 Å². The van der Waals surface area contributed by atoms with Crippen molar-refractivity contribution in [1.82, 2.24) is 4.98 Å². The molecule has 0 spiro atoms. The third kappa shape index (κ3) is 2.61. The molecule has 1 aromatic rings. The molecule has 1 aliphatic heterocycles. The predicted octanol–water partition coefficient (Wildman–Crippen LogP) is 2.01. The lowest BCUT2D eigenvalue weighted by atomic mass is 10.1. The standard InChI is InChI=1S/C13H20N4S/c1-9-4-5-16-12(10(9)11(14)15)17-6-7-18-13(2,3)8-17/h4-5H,6-8H2,1-3H3,(H3,14,15). The van der Waals surface area contributed by atoms with E-state index in [-0.39, 0.29) is 10.6 Å². The van der Waals surface area contributed by atoms with Crippen LogP contribution in [0.15, 0.2) is 12.3 Å². The van der Waals surface area contributed by atoms with Gasteiger partial charge >= 0.3 is 0 Å². The highest BCUT2D eigenvalue weighted by Crippen LogP contribution is 2.33. The second-order valence-corrected chi connectivity index (χ2v) is 7.07. The van der Waals surface area contributed by atoms with Crippen LogP contribution in [0.3, 0.4) is 0 Å². The van der Waals surface area contributed by atoms with Gasteiger partial charge in [0, 0.05) is 29.8 Å². The number of rotatable bonds is 2. The van der Waals surface area contributed by atoms with Crippen molar-refractivity contribution in [3.63, 3.8) is 0 Å². The van der Waals surface area contributed by atoms with E-state index in [1.54, 1.807) is 6.20 Å². The third-order valence-electron chi connectivity index (χ3n) is 3.13. The maximum absolute atomic E-state index is 7.74. The Hall–Kier alpha value is -1.23. The van der Waals surface area contributed by atoms with Gasteiger partial charge in [-0.05, 0) is 32.4 Å². The van der Waals surface area contributed by atoms with Crippen LogP contribution in [0, 0.1) is 12.3 Å². The minimum absolute atomic E-state index is 0.103. The molecule has 0 unspecified atom stereocenters. The first-order valence-corrected chi connectivity index (χ1v) is 7.08. The Morgan fingerprint density at radius 2 is 2.28 bits per heavy atom. The number of thioether (sulfide) groups is 1. The number of nitrogens with zero attached hydrogens (tertiary/aromatic N) is 2. The first-order chi connectivity index (χ1) is 8.41. The molecule has 1 saturated heterocycles. The van der Waals surface area contributed by atoms with Gasteiger partial charge in [0.25, 0.3) is 0 Å². The van der Waals surface area contributed by atoms with Crippen LogP contribution in [-0.2, 0) is 0 Å². The number of nitrogen functional groups attached to an aromatic ring is 1. The SMILES string of the molecule is Cc1ccnc(N2CCSC(C)(C)C2)c1C(=N)N. The van der Waals surface area contributed by atoms with Crippen molar-refractivity contribution >= 4 is 23.4 Å². The van der Waals surface area contributed by atoms with Gasteiger partial charge in [0.2, 0.25) is 0 Å². The van der Waals surface area contributed by atoms with Crippen molar-refractivity contribution in [1.29, 1.82) is 5.41 Å². The Labute approximate surface area is 112 Å². The second kappa shape index (κ2) is 4.80. The van der Waals surface area contributed by atoms with Gasteiger partial charge in [0.1, 0.15) is 11.7 Å². The number of hydrogen-bond donors (Lipinski definition) is 2. The minimum Gasteiger partial charge on any atom is -0.384 e. The molecule has 0 aliphatic carbocycles. The molecular formula is C13H20N4S. The zero-order valence-electron chi connectivity index (χ0n) is 11.2. The van der Waals surface area contributed by atoms with Crippen molar-refractivity contribution in [2.45, 2.75) is 25.5 Å². The smallest absolute Gasteiger partial charge is 0.139 e. The van der Waals surface area contributed by atoms with E-state index in [1.165, 1.54) is 0 Å². The highest BCUT2D eigenvalue weighted by Gasteiger charge is 2.29. The molecule has 0 atom stereocenters. The van der Waals surface area contributed by atoms with Gasteiger partial charge in [-0.25, -0.2) is 4.98 Å². The summed E-state index contributed by atoms with van der Waals surface area (Å²) in [6.07, 6.45) is 1.80. The summed E-state index contributed by atoms with van der Waals surface area (Å²) < 4.78 is 0.220. The number of anilines is 1. The molecule has 18 heavy (non-hydrogen) atoms.